The second-order valence-corrected chi connectivity index (χ2v) is 8.08. The molecule has 0 aromatic rings. The number of hydrogen-bond acceptors (Lipinski definition) is 4. The van der Waals surface area contributed by atoms with Crippen LogP contribution in [-0.2, 0) is 14.6 Å². The van der Waals surface area contributed by atoms with Crippen molar-refractivity contribution in [3.05, 3.63) is 0 Å². The lowest BCUT2D eigenvalue weighted by molar-refractivity contribution is -0.133. The molecule has 110 valence electrons. The van der Waals surface area contributed by atoms with Crippen molar-refractivity contribution in [3.8, 4) is 0 Å². The Bertz CT molecular complexity index is 414. The van der Waals surface area contributed by atoms with Crippen molar-refractivity contribution in [3.63, 3.8) is 0 Å². The minimum absolute atomic E-state index is 0.0486. The average molecular weight is 288 g/mol. The maximum absolute atomic E-state index is 12.1. The first-order chi connectivity index (χ1) is 9.00. The van der Waals surface area contributed by atoms with Crippen LogP contribution >= 0.6 is 0 Å². The molecule has 1 atom stereocenters. The second-order valence-electron chi connectivity index (χ2n) is 5.86. The van der Waals surface area contributed by atoms with Crippen LogP contribution in [0.5, 0.6) is 0 Å². The van der Waals surface area contributed by atoms with Crippen LogP contribution in [0.4, 0.5) is 0 Å². The van der Waals surface area contributed by atoms with Crippen LogP contribution in [0.15, 0.2) is 0 Å². The van der Waals surface area contributed by atoms with E-state index in [4.69, 9.17) is 0 Å². The average Bonchev–Trinajstić information content (AvgIpc) is 2.70. The molecule has 2 heterocycles. The van der Waals surface area contributed by atoms with Gasteiger partial charge < -0.3 is 10.2 Å². The normalized spacial score (nSPS) is 27.6. The highest BCUT2D eigenvalue weighted by Crippen LogP contribution is 2.24. The minimum atomic E-state index is -2.87. The summed E-state index contributed by atoms with van der Waals surface area (Å²) < 4.78 is 22.8. The minimum Gasteiger partial charge on any atom is -0.343 e. The van der Waals surface area contributed by atoms with Crippen molar-refractivity contribution < 1.29 is 13.2 Å². The van der Waals surface area contributed by atoms with Crippen LogP contribution in [0.1, 0.15) is 25.7 Å². The number of sulfone groups is 1. The number of amides is 1. The molecule has 0 aromatic carbocycles. The van der Waals surface area contributed by atoms with E-state index in [9.17, 15) is 13.2 Å². The predicted molar refractivity (Wildman–Crippen MR) is 74.6 cm³/mol. The molecule has 0 aliphatic carbocycles. The summed E-state index contributed by atoms with van der Waals surface area (Å²) in [4.78, 5) is 14.1. The first-order valence-electron chi connectivity index (χ1n) is 7.13. The van der Waals surface area contributed by atoms with Crippen molar-refractivity contribution >= 4 is 15.7 Å². The van der Waals surface area contributed by atoms with Crippen molar-refractivity contribution in [2.45, 2.75) is 25.7 Å². The summed E-state index contributed by atoms with van der Waals surface area (Å²) in [6.45, 7) is 2.66. The van der Waals surface area contributed by atoms with Gasteiger partial charge in [0.1, 0.15) is 0 Å². The van der Waals surface area contributed by atoms with E-state index in [0.717, 1.165) is 32.5 Å². The second kappa shape index (κ2) is 6.22. The monoisotopic (exact) mass is 288 g/mol. The van der Waals surface area contributed by atoms with E-state index in [1.165, 1.54) is 0 Å². The molecule has 0 saturated carbocycles. The Hall–Kier alpha value is -0.620. The molecule has 5 nitrogen and oxygen atoms in total. The van der Waals surface area contributed by atoms with Gasteiger partial charge in [-0.3, -0.25) is 4.79 Å². The van der Waals surface area contributed by atoms with Gasteiger partial charge in [0.05, 0.1) is 11.5 Å². The zero-order valence-electron chi connectivity index (χ0n) is 11.6. The number of hydrogen-bond donors (Lipinski definition) is 1. The molecule has 1 unspecified atom stereocenters. The predicted octanol–water partition coefficient (Wildman–Crippen LogP) is 0.269. The molecule has 2 fully saturated rings. The van der Waals surface area contributed by atoms with E-state index in [1.807, 2.05) is 11.9 Å². The Morgan fingerprint density at radius 1 is 1.21 bits per heavy atom. The van der Waals surface area contributed by atoms with Gasteiger partial charge in [-0.2, -0.15) is 0 Å². The van der Waals surface area contributed by atoms with Crippen LogP contribution in [0, 0.1) is 11.8 Å². The first-order valence-corrected chi connectivity index (χ1v) is 8.95. The molecule has 2 aliphatic rings. The number of likely N-dealkylation sites (tertiary alicyclic amines) is 1. The van der Waals surface area contributed by atoms with Gasteiger partial charge in [0, 0.05) is 19.5 Å². The van der Waals surface area contributed by atoms with Crippen molar-refractivity contribution in [1.29, 1.82) is 0 Å². The Morgan fingerprint density at radius 3 is 2.42 bits per heavy atom. The molecule has 1 amide bonds. The SMILES string of the molecule is CNCC1CCN(C(=O)CC2CCS(=O)(=O)C2)CC1. The highest BCUT2D eigenvalue weighted by Gasteiger charge is 2.31. The van der Waals surface area contributed by atoms with E-state index < -0.39 is 9.84 Å². The standard InChI is InChI=1S/C13H24N2O3S/c1-14-9-11-2-5-15(6-3-11)13(16)8-12-4-7-19(17,18)10-12/h11-12,14H,2-10H2,1H3. The van der Waals surface area contributed by atoms with E-state index in [2.05, 4.69) is 5.32 Å². The number of piperidine rings is 1. The number of carbonyl (C=O) groups excluding carboxylic acids is 1. The van der Waals surface area contributed by atoms with Crippen LogP contribution in [0.2, 0.25) is 0 Å². The summed E-state index contributed by atoms with van der Waals surface area (Å²) in [5, 5.41) is 3.18. The van der Waals surface area contributed by atoms with Gasteiger partial charge >= 0.3 is 0 Å². The van der Waals surface area contributed by atoms with Crippen LogP contribution in [0.25, 0.3) is 0 Å². The molecule has 2 rings (SSSR count). The van der Waals surface area contributed by atoms with Gasteiger partial charge in [-0.15, -0.1) is 0 Å². The molecule has 0 spiro atoms. The maximum atomic E-state index is 12.1. The lowest BCUT2D eigenvalue weighted by Gasteiger charge is -2.32. The summed E-state index contributed by atoms with van der Waals surface area (Å²) in [6, 6.07) is 0. The van der Waals surface area contributed by atoms with Gasteiger partial charge in [-0.05, 0) is 44.7 Å². The Labute approximate surface area is 115 Å². The fourth-order valence-electron chi connectivity index (χ4n) is 3.08. The molecule has 0 aromatic heterocycles. The summed E-state index contributed by atoms with van der Waals surface area (Å²) in [5.74, 6) is 1.32. The molecule has 2 saturated heterocycles. The largest absolute Gasteiger partial charge is 0.343 e. The third kappa shape index (κ3) is 4.18. The van der Waals surface area contributed by atoms with Gasteiger partial charge in [-0.25, -0.2) is 8.42 Å². The third-order valence-corrected chi connectivity index (χ3v) is 6.09. The Balaban J connectivity index is 1.76. The van der Waals surface area contributed by atoms with Gasteiger partial charge in [0.25, 0.3) is 0 Å². The van der Waals surface area contributed by atoms with E-state index in [-0.39, 0.29) is 23.3 Å². The van der Waals surface area contributed by atoms with Crippen molar-refractivity contribution in [2.75, 3.05) is 38.2 Å². The first kappa shape index (κ1) is 14.8. The third-order valence-electron chi connectivity index (χ3n) is 4.25. The lowest BCUT2D eigenvalue weighted by atomic mass is 9.96. The van der Waals surface area contributed by atoms with E-state index in [0.29, 0.717) is 18.8 Å². The number of rotatable bonds is 4. The van der Waals surface area contributed by atoms with Crippen LogP contribution in [-0.4, -0.2) is 57.4 Å². The summed E-state index contributed by atoms with van der Waals surface area (Å²) in [7, 11) is -0.911. The highest BCUT2D eigenvalue weighted by molar-refractivity contribution is 7.91. The Kier molecular flexibility index (Phi) is 4.84. The number of nitrogens with one attached hydrogen (secondary N) is 1. The van der Waals surface area contributed by atoms with Crippen molar-refractivity contribution in [2.24, 2.45) is 11.8 Å². The zero-order chi connectivity index (χ0) is 13.9. The van der Waals surface area contributed by atoms with Crippen LogP contribution in [0.3, 0.4) is 0 Å². The number of nitrogens with zero attached hydrogens (tertiary/aromatic N) is 1. The van der Waals surface area contributed by atoms with Crippen LogP contribution < -0.4 is 5.32 Å². The molecule has 19 heavy (non-hydrogen) atoms. The summed E-state index contributed by atoms with van der Waals surface area (Å²) in [5.41, 5.74) is 0. The fraction of sp³-hybridized carbons (Fsp3) is 0.923. The van der Waals surface area contributed by atoms with E-state index >= 15 is 0 Å². The summed E-state index contributed by atoms with van der Waals surface area (Å²) in [6.07, 6.45) is 3.17. The molecular formula is C13H24N2O3S. The molecule has 2 aliphatic heterocycles. The molecule has 0 radical (unpaired) electrons. The van der Waals surface area contributed by atoms with Crippen molar-refractivity contribution in [1.82, 2.24) is 10.2 Å². The molecule has 1 N–H and O–H groups in total. The molecule has 0 bridgehead atoms. The molecule has 6 heteroatoms. The van der Waals surface area contributed by atoms with Gasteiger partial charge in [0.15, 0.2) is 9.84 Å². The van der Waals surface area contributed by atoms with Gasteiger partial charge in [0.2, 0.25) is 5.91 Å². The molecular weight excluding hydrogens is 264 g/mol. The highest BCUT2D eigenvalue weighted by atomic mass is 32.2. The summed E-state index contributed by atoms with van der Waals surface area (Å²) >= 11 is 0. The zero-order valence-corrected chi connectivity index (χ0v) is 12.4. The maximum Gasteiger partial charge on any atom is 0.222 e. The number of carbonyl (C=O) groups is 1. The smallest absolute Gasteiger partial charge is 0.222 e. The van der Waals surface area contributed by atoms with Gasteiger partial charge in [-0.1, -0.05) is 0 Å². The quantitative estimate of drug-likeness (QED) is 0.806. The Morgan fingerprint density at radius 2 is 1.89 bits per heavy atom. The van der Waals surface area contributed by atoms with E-state index in [1.54, 1.807) is 0 Å². The lowest BCUT2D eigenvalue weighted by Crippen LogP contribution is -2.41. The topological polar surface area (TPSA) is 66.5 Å². The fourth-order valence-corrected chi connectivity index (χ4v) is 4.95.